The van der Waals surface area contributed by atoms with Gasteiger partial charge in [0, 0.05) is 6.07 Å². The number of nitro benzene ring substituents is 1. The minimum atomic E-state index is -0.587. The van der Waals surface area contributed by atoms with Crippen molar-refractivity contribution in [1.82, 2.24) is 0 Å². The third-order valence-corrected chi connectivity index (χ3v) is 1.94. The van der Waals surface area contributed by atoms with Gasteiger partial charge in [-0.25, -0.2) is 4.79 Å². The van der Waals surface area contributed by atoms with Gasteiger partial charge in [-0.15, -0.1) is 0 Å². The highest BCUT2D eigenvalue weighted by Crippen LogP contribution is 2.26. The number of esters is 1. The van der Waals surface area contributed by atoms with Crippen molar-refractivity contribution in [3.05, 3.63) is 33.9 Å². The van der Waals surface area contributed by atoms with Crippen molar-refractivity contribution >= 4 is 11.7 Å². The Morgan fingerprint density at radius 1 is 1.19 bits per heavy atom. The van der Waals surface area contributed by atoms with Gasteiger partial charge in [0.15, 0.2) is 0 Å². The van der Waals surface area contributed by atoms with Crippen molar-refractivity contribution in [2.75, 3.05) is 7.11 Å². The van der Waals surface area contributed by atoms with E-state index in [4.69, 9.17) is 4.74 Å². The average molecular weight is 299 g/mol. The molecule has 0 aliphatic heterocycles. The van der Waals surface area contributed by atoms with Crippen LogP contribution in [0.1, 0.15) is 51.9 Å². The molecular weight excluding hydrogens is 274 g/mol. The fraction of sp³-hybridized carbons (Fsp3) is 0.533. The van der Waals surface area contributed by atoms with Crippen molar-refractivity contribution in [1.29, 1.82) is 0 Å². The molecule has 1 aromatic carbocycles. The highest BCUT2D eigenvalue weighted by atomic mass is 16.6. The van der Waals surface area contributed by atoms with Crippen LogP contribution in [0.2, 0.25) is 0 Å². The predicted molar refractivity (Wildman–Crippen MR) is 82.9 cm³/mol. The number of non-ortho nitro benzene ring substituents is 1. The van der Waals surface area contributed by atoms with Crippen LogP contribution in [0.5, 0.6) is 5.75 Å². The molecule has 0 spiro atoms. The zero-order chi connectivity index (χ0) is 17.0. The lowest BCUT2D eigenvalue weighted by Gasteiger charge is -2.12. The van der Waals surface area contributed by atoms with Crippen molar-refractivity contribution in [2.45, 2.75) is 47.6 Å². The van der Waals surface area contributed by atoms with Gasteiger partial charge in [0.25, 0.3) is 5.69 Å². The minimum Gasteiger partial charge on any atom is -0.490 e. The van der Waals surface area contributed by atoms with Gasteiger partial charge in [0.1, 0.15) is 11.3 Å². The zero-order valence-electron chi connectivity index (χ0n) is 13.8. The number of hydrogen-bond acceptors (Lipinski definition) is 5. The summed E-state index contributed by atoms with van der Waals surface area (Å²) < 4.78 is 9.92. The first-order chi connectivity index (χ1) is 9.95. The number of benzene rings is 1. The Morgan fingerprint density at radius 2 is 1.71 bits per heavy atom. The average Bonchev–Trinajstić information content (AvgIpc) is 2.49. The first-order valence-corrected chi connectivity index (χ1v) is 6.99. The Hall–Kier alpha value is -2.11. The molecule has 0 N–H and O–H groups in total. The first-order valence-electron chi connectivity index (χ1n) is 6.99. The summed E-state index contributed by atoms with van der Waals surface area (Å²) in [6, 6.07) is 3.77. The number of carbonyl (C=O) groups excluding carboxylic acids is 1. The van der Waals surface area contributed by atoms with Gasteiger partial charge in [0.2, 0.25) is 0 Å². The van der Waals surface area contributed by atoms with Crippen LogP contribution in [-0.2, 0) is 4.74 Å². The molecule has 0 saturated carbocycles. The van der Waals surface area contributed by atoms with Crippen LogP contribution in [0, 0.1) is 10.1 Å². The minimum absolute atomic E-state index is 0.131. The number of methoxy groups -OCH3 is 1. The zero-order valence-corrected chi connectivity index (χ0v) is 13.8. The lowest BCUT2D eigenvalue weighted by molar-refractivity contribution is -0.384. The molecule has 6 nitrogen and oxygen atoms in total. The molecule has 0 saturated heterocycles. The molecule has 0 radical (unpaired) electrons. The van der Waals surface area contributed by atoms with E-state index in [1.807, 2.05) is 27.7 Å². The van der Waals surface area contributed by atoms with Gasteiger partial charge in [-0.05, 0) is 19.9 Å². The van der Waals surface area contributed by atoms with Crippen molar-refractivity contribution < 1.29 is 19.2 Å². The van der Waals surface area contributed by atoms with Crippen LogP contribution in [0.4, 0.5) is 5.69 Å². The lowest BCUT2D eigenvalue weighted by Crippen LogP contribution is -2.11. The number of rotatable bonds is 4. The second-order valence-corrected chi connectivity index (χ2v) is 3.60. The van der Waals surface area contributed by atoms with Gasteiger partial charge >= 0.3 is 5.97 Å². The molecule has 0 aliphatic carbocycles. The highest BCUT2D eigenvalue weighted by molar-refractivity contribution is 5.92. The Bertz CT molecular complexity index is 444. The second kappa shape index (κ2) is 11.7. The Balaban J connectivity index is 0. The molecule has 0 aromatic heterocycles. The number of hydrogen-bond donors (Lipinski definition) is 0. The molecular formula is C15H25NO5. The van der Waals surface area contributed by atoms with Crippen molar-refractivity contribution in [2.24, 2.45) is 0 Å². The molecule has 1 aromatic rings. The van der Waals surface area contributed by atoms with E-state index in [2.05, 4.69) is 4.74 Å². The van der Waals surface area contributed by atoms with Gasteiger partial charge in [0.05, 0.1) is 24.2 Å². The molecule has 120 valence electrons. The molecule has 21 heavy (non-hydrogen) atoms. The third-order valence-electron chi connectivity index (χ3n) is 1.94. The van der Waals surface area contributed by atoms with Crippen LogP contribution in [0.25, 0.3) is 0 Å². The first kappa shape index (κ1) is 21.2. The van der Waals surface area contributed by atoms with Crippen LogP contribution < -0.4 is 4.74 Å². The quantitative estimate of drug-likeness (QED) is 0.472. The maximum absolute atomic E-state index is 11.4. The summed E-state index contributed by atoms with van der Waals surface area (Å²) in [7, 11) is 1.24. The van der Waals surface area contributed by atoms with E-state index < -0.39 is 10.9 Å². The highest BCUT2D eigenvalue weighted by Gasteiger charge is 2.18. The Kier molecular flexibility index (Phi) is 11.8. The summed E-state index contributed by atoms with van der Waals surface area (Å²) in [4.78, 5) is 21.5. The summed E-state index contributed by atoms with van der Waals surface area (Å²) in [6.45, 7) is 11.5. The third kappa shape index (κ3) is 7.29. The molecule has 0 unspecified atom stereocenters. The fourth-order valence-corrected chi connectivity index (χ4v) is 1.25. The summed E-state index contributed by atoms with van der Waals surface area (Å²) in [5.74, 6) is -0.434. The summed E-state index contributed by atoms with van der Waals surface area (Å²) in [5.41, 5.74) is 0.0418. The number of nitro groups is 1. The fourth-order valence-electron chi connectivity index (χ4n) is 1.25. The standard InChI is InChI=1S/C11H13NO5.2C2H6/c1-7(2)17-10-6-8(12(14)15)4-5-9(10)11(13)16-3;2*1-2/h4-7H,1-3H3;2*1-2H3. The van der Waals surface area contributed by atoms with E-state index in [1.165, 1.54) is 25.3 Å². The van der Waals surface area contributed by atoms with Crippen LogP contribution in [-0.4, -0.2) is 24.1 Å². The van der Waals surface area contributed by atoms with Crippen LogP contribution in [0.3, 0.4) is 0 Å². The molecule has 0 heterocycles. The van der Waals surface area contributed by atoms with Crippen molar-refractivity contribution in [3.8, 4) is 5.75 Å². The number of carbonyl (C=O) groups is 1. The summed E-state index contributed by atoms with van der Waals surface area (Å²) >= 11 is 0. The molecule has 6 heteroatoms. The maximum Gasteiger partial charge on any atom is 0.341 e. The molecule has 0 amide bonds. The Morgan fingerprint density at radius 3 is 2.10 bits per heavy atom. The molecule has 0 fully saturated rings. The monoisotopic (exact) mass is 299 g/mol. The normalized spacial score (nSPS) is 8.76. The molecule has 0 bridgehead atoms. The molecule has 0 aliphatic rings. The van der Waals surface area contributed by atoms with Gasteiger partial charge in [-0.3, -0.25) is 10.1 Å². The summed E-state index contributed by atoms with van der Waals surface area (Å²) in [6.07, 6.45) is -0.194. The van der Waals surface area contributed by atoms with Crippen molar-refractivity contribution in [3.63, 3.8) is 0 Å². The predicted octanol–water partition coefficient (Wildman–Crippen LogP) is 4.22. The van der Waals surface area contributed by atoms with Gasteiger partial charge in [-0.1, -0.05) is 27.7 Å². The largest absolute Gasteiger partial charge is 0.490 e. The van der Waals surface area contributed by atoms with E-state index in [1.54, 1.807) is 13.8 Å². The lowest BCUT2D eigenvalue weighted by atomic mass is 10.2. The SMILES string of the molecule is CC.CC.COC(=O)c1ccc([N+](=O)[O-])cc1OC(C)C. The molecule has 1 rings (SSSR count). The van der Waals surface area contributed by atoms with E-state index >= 15 is 0 Å². The Labute approximate surface area is 126 Å². The van der Waals surface area contributed by atoms with E-state index in [0.717, 1.165) is 0 Å². The smallest absolute Gasteiger partial charge is 0.341 e. The number of nitrogens with zero attached hydrogens (tertiary/aromatic N) is 1. The van der Waals surface area contributed by atoms with E-state index in [0.29, 0.717) is 0 Å². The van der Waals surface area contributed by atoms with E-state index in [-0.39, 0.29) is 23.1 Å². The van der Waals surface area contributed by atoms with Gasteiger partial charge in [-0.2, -0.15) is 0 Å². The van der Waals surface area contributed by atoms with Crippen LogP contribution in [0.15, 0.2) is 18.2 Å². The van der Waals surface area contributed by atoms with Gasteiger partial charge < -0.3 is 9.47 Å². The van der Waals surface area contributed by atoms with E-state index in [9.17, 15) is 14.9 Å². The topological polar surface area (TPSA) is 78.7 Å². The molecule has 0 atom stereocenters. The summed E-state index contributed by atoms with van der Waals surface area (Å²) in [5, 5.41) is 10.6. The second-order valence-electron chi connectivity index (χ2n) is 3.60. The van der Waals surface area contributed by atoms with Crippen LogP contribution >= 0.6 is 0 Å². The number of ether oxygens (including phenoxy) is 2. The maximum atomic E-state index is 11.4.